The minimum absolute atomic E-state index is 0.359. The van der Waals surface area contributed by atoms with Gasteiger partial charge in [0.1, 0.15) is 5.82 Å². The number of hydrogen-bond acceptors (Lipinski definition) is 6. The fourth-order valence-electron chi connectivity index (χ4n) is 2.74. The van der Waals surface area contributed by atoms with Crippen LogP contribution in [0.15, 0.2) is 12.3 Å². The molecule has 21 heavy (non-hydrogen) atoms. The smallest absolute Gasteiger partial charge is 0.340 e. The highest BCUT2D eigenvalue weighted by atomic mass is 16.5. The van der Waals surface area contributed by atoms with Crippen molar-refractivity contribution < 1.29 is 9.53 Å². The van der Waals surface area contributed by atoms with Gasteiger partial charge in [0.25, 0.3) is 0 Å². The van der Waals surface area contributed by atoms with E-state index in [2.05, 4.69) is 14.8 Å². The van der Waals surface area contributed by atoms with Crippen LogP contribution in [0.2, 0.25) is 0 Å². The van der Waals surface area contributed by atoms with Crippen LogP contribution < -0.4 is 10.6 Å². The van der Waals surface area contributed by atoms with Crippen LogP contribution in [0.25, 0.3) is 0 Å². The van der Waals surface area contributed by atoms with Crippen LogP contribution in [0.1, 0.15) is 23.2 Å². The van der Waals surface area contributed by atoms with E-state index in [1.165, 1.54) is 32.7 Å². The summed E-state index contributed by atoms with van der Waals surface area (Å²) in [6.45, 7) is 5.21. The van der Waals surface area contributed by atoms with E-state index in [4.69, 9.17) is 10.5 Å². The van der Waals surface area contributed by atoms with Crippen LogP contribution in [0, 0.1) is 5.92 Å². The Labute approximate surface area is 124 Å². The molecule has 2 heterocycles. The summed E-state index contributed by atoms with van der Waals surface area (Å²) in [5.41, 5.74) is 6.54. The lowest BCUT2D eigenvalue weighted by Gasteiger charge is -2.35. The molecule has 0 bridgehead atoms. The zero-order chi connectivity index (χ0) is 14.8. The average molecular weight is 290 g/mol. The molecule has 6 heteroatoms. The third-order valence-corrected chi connectivity index (χ3v) is 4.24. The molecule has 1 aliphatic heterocycles. The Kier molecular flexibility index (Phi) is 3.96. The van der Waals surface area contributed by atoms with Crippen molar-refractivity contribution in [2.24, 2.45) is 5.92 Å². The maximum absolute atomic E-state index is 11.7. The maximum Gasteiger partial charge on any atom is 0.340 e. The van der Waals surface area contributed by atoms with Crippen molar-refractivity contribution in [3.05, 3.63) is 17.8 Å². The summed E-state index contributed by atoms with van der Waals surface area (Å²) >= 11 is 0. The molecular formula is C15H22N4O2. The van der Waals surface area contributed by atoms with Crippen LogP contribution in [0.5, 0.6) is 0 Å². The van der Waals surface area contributed by atoms with E-state index in [0.717, 1.165) is 37.9 Å². The van der Waals surface area contributed by atoms with Crippen molar-refractivity contribution in [3.8, 4) is 0 Å². The number of anilines is 2. The summed E-state index contributed by atoms with van der Waals surface area (Å²) in [4.78, 5) is 20.8. The van der Waals surface area contributed by atoms with Gasteiger partial charge in [-0.05, 0) is 24.8 Å². The summed E-state index contributed by atoms with van der Waals surface area (Å²) in [6.07, 6.45) is 4.32. The van der Waals surface area contributed by atoms with Crippen LogP contribution in [0.3, 0.4) is 0 Å². The van der Waals surface area contributed by atoms with E-state index < -0.39 is 5.97 Å². The molecule has 1 saturated heterocycles. The molecule has 0 amide bonds. The van der Waals surface area contributed by atoms with E-state index >= 15 is 0 Å². The largest absolute Gasteiger partial charge is 0.465 e. The van der Waals surface area contributed by atoms with Crippen molar-refractivity contribution in [2.75, 3.05) is 50.5 Å². The number of rotatable bonds is 4. The number of methoxy groups -OCH3 is 1. The van der Waals surface area contributed by atoms with Crippen LogP contribution in [-0.2, 0) is 4.74 Å². The monoisotopic (exact) mass is 290 g/mol. The molecule has 1 aromatic rings. The van der Waals surface area contributed by atoms with Crippen molar-refractivity contribution in [1.29, 1.82) is 0 Å². The van der Waals surface area contributed by atoms with E-state index in [-0.39, 0.29) is 0 Å². The Morgan fingerprint density at radius 1 is 1.38 bits per heavy atom. The SMILES string of the molecule is COC(=O)c1cc(N2CCN(CC3CC3)CC2)ncc1N. The van der Waals surface area contributed by atoms with Gasteiger partial charge in [0.15, 0.2) is 0 Å². The molecule has 1 aliphatic carbocycles. The summed E-state index contributed by atoms with van der Waals surface area (Å²) in [5.74, 6) is 1.32. The van der Waals surface area contributed by atoms with E-state index in [1.54, 1.807) is 6.07 Å². The number of nitrogens with two attached hydrogens (primary N) is 1. The number of nitrogen functional groups attached to an aromatic ring is 1. The lowest BCUT2D eigenvalue weighted by molar-refractivity contribution is 0.0602. The van der Waals surface area contributed by atoms with Gasteiger partial charge in [-0.2, -0.15) is 0 Å². The van der Waals surface area contributed by atoms with Gasteiger partial charge in [-0.3, -0.25) is 4.90 Å². The van der Waals surface area contributed by atoms with Crippen molar-refractivity contribution in [1.82, 2.24) is 9.88 Å². The van der Waals surface area contributed by atoms with Crippen molar-refractivity contribution in [3.63, 3.8) is 0 Å². The van der Waals surface area contributed by atoms with E-state index in [9.17, 15) is 4.79 Å². The van der Waals surface area contributed by atoms with E-state index in [0.29, 0.717) is 11.3 Å². The molecular weight excluding hydrogens is 268 g/mol. The summed E-state index contributed by atoms with van der Waals surface area (Å²) in [7, 11) is 1.36. The van der Waals surface area contributed by atoms with Gasteiger partial charge in [0, 0.05) is 32.7 Å². The summed E-state index contributed by atoms with van der Waals surface area (Å²) < 4.78 is 4.75. The number of carbonyl (C=O) groups excluding carboxylic acids is 1. The predicted molar refractivity (Wildman–Crippen MR) is 81.4 cm³/mol. The number of hydrogen-bond donors (Lipinski definition) is 1. The standard InChI is InChI=1S/C15H22N4O2/c1-21-15(20)12-8-14(17-9-13(12)16)19-6-4-18(5-7-19)10-11-2-3-11/h8-9,11H,2-7,10,16H2,1H3. The second kappa shape index (κ2) is 5.89. The Balaban J connectivity index is 1.65. The van der Waals surface area contributed by atoms with Gasteiger partial charge in [-0.1, -0.05) is 0 Å². The fourth-order valence-corrected chi connectivity index (χ4v) is 2.74. The second-order valence-electron chi connectivity index (χ2n) is 5.85. The molecule has 2 fully saturated rings. The average Bonchev–Trinajstić information content (AvgIpc) is 3.32. The Bertz CT molecular complexity index is 522. The summed E-state index contributed by atoms with van der Waals surface area (Å²) in [6, 6.07) is 1.73. The molecule has 2 aliphatic rings. The number of carbonyl (C=O) groups is 1. The molecule has 1 saturated carbocycles. The number of pyridine rings is 1. The number of nitrogens with zero attached hydrogens (tertiary/aromatic N) is 3. The van der Waals surface area contributed by atoms with Crippen LogP contribution in [0.4, 0.5) is 11.5 Å². The highest BCUT2D eigenvalue weighted by Gasteiger charge is 2.27. The molecule has 0 unspecified atom stereocenters. The molecule has 6 nitrogen and oxygen atoms in total. The molecule has 0 spiro atoms. The number of esters is 1. The quantitative estimate of drug-likeness (QED) is 0.834. The van der Waals surface area contributed by atoms with Gasteiger partial charge in [0.2, 0.25) is 0 Å². The zero-order valence-electron chi connectivity index (χ0n) is 12.4. The van der Waals surface area contributed by atoms with Crippen molar-refractivity contribution in [2.45, 2.75) is 12.8 Å². The Morgan fingerprint density at radius 3 is 2.71 bits per heavy atom. The minimum Gasteiger partial charge on any atom is -0.465 e. The van der Waals surface area contributed by atoms with Crippen molar-refractivity contribution >= 4 is 17.5 Å². The molecule has 0 atom stereocenters. The van der Waals surface area contributed by atoms with Gasteiger partial charge >= 0.3 is 5.97 Å². The first-order valence-electron chi connectivity index (χ1n) is 7.48. The normalized spacial score (nSPS) is 19.6. The van der Waals surface area contributed by atoms with Crippen LogP contribution >= 0.6 is 0 Å². The topological polar surface area (TPSA) is 71.7 Å². The molecule has 1 aromatic heterocycles. The third-order valence-electron chi connectivity index (χ3n) is 4.24. The number of piperazine rings is 1. The first kappa shape index (κ1) is 14.1. The predicted octanol–water partition coefficient (Wildman–Crippen LogP) is 0.982. The molecule has 0 radical (unpaired) electrons. The van der Waals surface area contributed by atoms with Gasteiger partial charge in [-0.25, -0.2) is 9.78 Å². The minimum atomic E-state index is -0.413. The van der Waals surface area contributed by atoms with Gasteiger partial charge < -0.3 is 15.4 Å². The number of ether oxygens (including phenoxy) is 1. The Hall–Kier alpha value is -1.82. The maximum atomic E-state index is 11.7. The fraction of sp³-hybridized carbons (Fsp3) is 0.600. The van der Waals surface area contributed by atoms with Crippen LogP contribution in [-0.4, -0.2) is 55.7 Å². The number of aromatic nitrogens is 1. The molecule has 3 rings (SSSR count). The highest BCUT2D eigenvalue weighted by Crippen LogP contribution is 2.30. The first-order chi connectivity index (χ1) is 10.2. The van der Waals surface area contributed by atoms with Gasteiger partial charge in [0.05, 0.1) is 24.6 Å². The van der Waals surface area contributed by atoms with Gasteiger partial charge in [-0.15, -0.1) is 0 Å². The molecule has 2 N–H and O–H groups in total. The zero-order valence-corrected chi connectivity index (χ0v) is 12.4. The summed E-state index contributed by atoms with van der Waals surface area (Å²) in [5, 5.41) is 0. The second-order valence-corrected chi connectivity index (χ2v) is 5.85. The highest BCUT2D eigenvalue weighted by molar-refractivity contribution is 5.95. The van der Waals surface area contributed by atoms with E-state index in [1.807, 2.05) is 0 Å². The molecule has 114 valence electrons. The molecule has 0 aromatic carbocycles. The first-order valence-corrected chi connectivity index (χ1v) is 7.48. The lowest BCUT2D eigenvalue weighted by Crippen LogP contribution is -2.47. The Morgan fingerprint density at radius 2 is 2.10 bits per heavy atom. The third kappa shape index (κ3) is 3.26. The lowest BCUT2D eigenvalue weighted by atomic mass is 10.2.